The number of ether oxygens (including phenoxy) is 1. The van der Waals surface area contributed by atoms with Crippen molar-refractivity contribution < 1.29 is 9.53 Å². The van der Waals surface area contributed by atoms with E-state index in [-0.39, 0.29) is 12.5 Å². The monoisotopic (exact) mass is 266 g/mol. The topological polar surface area (TPSA) is 50.4 Å². The van der Waals surface area contributed by atoms with Crippen LogP contribution in [0, 0.1) is 12.3 Å². The first-order valence-corrected chi connectivity index (χ1v) is 5.77. The van der Waals surface area contributed by atoms with Gasteiger partial charge >= 0.3 is 0 Å². The summed E-state index contributed by atoms with van der Waals surface area (Å²) in [6.45, 7) is 1.96. The third kappa shape index (κ3) is 3.86. The Kier molecular flexibility index (Phi) is 5.34. The number of halogens is 1. The summed E-state index contributed by atoms with van der Waals surface area (Å²) in [6, 6.07) is 4.82. The number of benzene rings is 1. The number of hydrogen-bond donors (Lipinski definition) is 2. The molecule has 0 unspecified atom stereocenters. The summed E-state index contributed by atoms with van der Waals surface area (Å²) >= 11 is 5.98. The average molecular weight is 267 g/mol. The molecule has 4 nitrogen and oxygen atoms in total. The SMILES string of the molecule is C#CCNC(=O)[C@@H](C)Nc1ccc(OC)c(Cl)c1. The minimum atomic E-state index is -0.400. The molecule has 1 amide bonds. The van der Waals surface area contributed by atoms with Gasteiger partial charge in [-0.15, -0.1) is 6.42 Å². The normalized spacial score (nSPS) is 11.2. The lowest BCUT2D eigenvalue weighted by molar-refractivity contribution is -0.121. The fourth-order valence-corrected chi connectivity index (χ4v) is 1.62. The van der Waals surface area contributed by atoms with Crippen LogP contribution in [-0.4, -0.2) is 25.6 Å². The van der Waals surface area contributed by atoms with Crippen LogP contribution in [0.15, 0.2) is 18.2 Å². The molecule has 0 aliphatic heterocycles. The number of anilines is 1. The van der Waals surface area contributed by atoms with Crippen molar-refractivity contribution in [2.75, 3.05) is 19.0 Å². The van der Waals surface area contributed by atoms with Crippen LogP contribution in [-0.2, 0) is 4.79 Å². The lowest BCUT2D eigenvalue weighted by Crippen LogP contribution is -2.37. The molecule has 0 fully saturated rings. The van der Waals surface area contributed by atoms with Crippen molar-refractivity contribution in [1.29, 1.82) is 0 Å². The Balaban J connectivity index is 2.65. The Morgan fingerprint density at radius 2 is 2.33 bits per heavy atom. The van der Waals surface area contributed by atoms with E-state index < -0.39 is 6.04 Å². The third-order valence-electron chi connectivity index (χ3n) is 2.29. The minimum Gasteiger partial charge on any atom is -0.495 e. The molecule has 0 bridgehead atoms. The minimum absolute atomic E-state index is 0.167. The van der Waals surface area contributed by atoms with Crippen molar-refractivity contribution >= 4 is 23.2 Å². The van der Waals surface area contributed by atoms with Gasteiger partial charge in [0, 0.05) is 5.69 Å². The number of terminal acetylenes is 1. The highest BCUT2D eigenvalue weighted by Gasteiger charge is 2.12. The average Bonchev–Trinajstić information content (AvgIpc) is 2.36. The van der Waals surface area contributed by atoms with E-state index >= 15 is 0 Å². The Bertz CT molecular complexity index is 469. The van der Waals surface area contributed by atoms with E-state index in [1.54, 1.807) is 32.2 Å². The summed E-state index contributed by atoms with van der Waals surface area (Å²) in [5.41, 5.74) is 0.740. The van der Waals surface area contributed by atoms with Gasteiger partial charge in [0.2, 0.25) is 5.91 Å². The summed E-state index contributed by atoms with van der Waals surface area (Å²) in [5, 5.41) is 6.10. The highest BCUT2D eigenvalue weighted by atomic mass is 35.5. The second-order valence-corrected chi connectivity index (χ2v) is 4.04. The first-order valence-electron chi connectivity index (χ1n) is 5.39. The molecule has 0 saturated carbocycles. The van der Waals surface area contributed by atoms with Crippen molar-refractivity contribution in [3.63, 3.8) is 0 Å². The Labute approximate surface area is 112 Å². The lowest BCUT2D eigenvalue weighted by Gasteiger charge is -2.15. The fraction of sp³-hybridized carbons (Fsp3) is 0.308. The van der Waals surface area contributed by atoms with Gasteiger partial charge in [-0.2, -0.15) is 0 Å². The number of carbonyl (C=O) groups is 1. The van der Waals surface area contributed by atoms with Gasteiger partial charge in [0.15, 0.2) is 0 Å². The maximum atomic E-state index is 11.6. The first-order chi connectivity index (χ1) is 8.58. The molecule has 1 aromatic rings. The van der Waals surface area contributed by atoms with Gasteiger partial charge in [0.1, 0.15) is 11.8 Å². The molecule has 5 heteroatoms. The van der Waals surface area contributed by atoms with Crippen LogP contribution in [0.3, 0.4) is 0 Å². The summed E-state index contributed by atoms with van der Waals surface area (Å²) in [6.07, 6.45) is 5.06. The molecule has 0 saturated heterocycles. The second-order valence-electron chi connectivity index (χ2n) is 3.64. The summed E-state index contributed by atoms with van der Waals surface area (Å²) in [7, 11) is 1.55. The van der Waals surface area contributed by atoms with Crippen LogP contribution < -0.4 is 15.4 Å². The van der Waals surface area contributed by atoms with Crippen molar-refractivity contribution in [2.24, 2.45) is 0 Å². The summed E-state index contributed by atoms with van der Waals surface area (Å²) < 4.78 is 5.04. The molecule has 0 radical (unpaired) electrons. The number of nitrogens with one attached hydrogen (secondary N) is 2. The van der Waals surface area contributed by atoms with Crippen LogP contribution in [0.25, 0.3) is 0 Å². The smallest absolute Gasteiger partial charge is 0.242 e. The van der Waals surface area contributed by atoms with Crippen molar-refractivity contribution in [3.8, 4) is 18.1 Å². The van der Waals surface area contributed by atoms with Gasteiger partial charge in [-0.05, 0) is 25.1 Å². The molecule has 18 heavy (non-hydrogen) atoms. The zero-order chi connectivity index (χ0) is 13.5. The molecule has 1 aromatic carbocycles. The van der Waals surface area contributed by atoms with Crippen LogP contribution in [0.5, 0.6) is 5.75 Å². The number of rotatable bonds is 5. The Hall–Kier alpha value is -1.86. The highest BCUT2D eigenvalue weighted by Crippen LogP contribution is 2.27. The quantitative estimate of drug-likeness (QED) is 0.801. The molecule has 0 spiro atoms. The lowest BCUT2D eigenvalue weighted by atomic mass is 10.2. The maximum Gasteiger partial charge on any atom is 0.242 e. The Morgan fingerprint density at radius 1 is 1.61 bits per heavy atom. The van der Waals surface area contributed by atoms with Crippen LogP contribution in [0.1, 0.15) is 6.92 Å². The summed E-state index contributed by atoms with van der Waals surface area (Å²) in [4.78, 5) is 11.6. The van der Waals surface area contributed by atoms with Gasteiger partial charge in [0.25, 0.3) is 0 Å². The first kappa shape index (κ1) is 14.2. The molecule has 0 heterocycles. The predicted octanol–water partition coefficient (Wildman–Crippen LogP) is 1.90. The molecule has 0 aromatic heterocycles. The standard InChI is InChI=1S/C13H15ClN2O2/c1-4-7-15-13(17)9(2)16-10-5-6-12(18-3)11(14)8-10/h1,5-6,8-9,16H,7H2,2-3H3,(H,15,17)/t9-/m1/s1. The van der Waals surface area contributed by atoms with E-state index in [1.807, 2.05) is 0 Å². The van der Waals surface area contributed by atoms with E-state index in [9.17, 15) is 4.79 Å². The molecule has 0 aliphatic carbocycles. The maximum absolute atomic E-state index is 11.6. The van der Waals surface area contributed by atoms with Crippen LogP contribution in [0.2, 0.25) is 5.02 Å². The van der Waals surface area contributed by atoms with E-state index in [0.29, 0.717) is 10.8 Å². The predicted molar refractivity (Wildman–Crippen MR) is 72.9 cm³/mol. The number of hydrogen-bond acceptors (Lipinski definition) is 3. The van der Waals surface area contributed by atoms with E-state index in [4.69, 9.17) is 22.8 Å². The van der Waals surface area contributed by atoms with Gasteiger partial charge < -0.3 is 15.4 Å². The number of carbonyl (C=O) groups excluding carboxylic acids is 1. The molecule has 96 valence electrons. The van der Waals surface area contributed by atoms with E-state index in [2.05, 4.69) is 16.6 Å². The van der Waals surface area contributed by atoms with E-state index in [1.165, 1.54) is 0 Å². The molecular formula is C13H15ClN2O2. The van der Waals surface area contributed by atoms with Gasteiger partial charge in [0.05, 0.1) is 18.7 Å². The van der Waals surface area contributed by atoms with Gasteiger partial charge in [-0.3, -0.25) is 4.79 Å². The zero-order valence-electron chi connectivity index (χ0n) is 10.3. The Morgan fingerprint density at radius 3 is 2.89 bits per heavy atom. The third-order valence-corrected chi connectivity index (χ3v) is 2.59. The molecule has 1 rings (SSSR count). The van der Waals surface area contributed by atoms with Crippen LogP contribution in [0.4, 0.5) is 5.69 Å². The zero-order valence-corrected chi connectivity index (χ0v) is 11.0. The van der Waals surface area contributed by atoms with Gasteiger partial charge in [-0.1, -0.05) is 17.5 Å². The van der Waals surface area contributed by atoms with Crippen molar-refractivity contribution in [2.45, 2.75) is 13.0 Å². The molecule has 0 aliphatic rings. The largest absolute Gasteiger partial charge is 0.495 e. The van der Waals surface area contributed by atoms with Crippen molar-refractivity contribution in [1.82, 2.24) is 5.32 Å². The molecular weight excluding hydrogens is 252 g/mol. The second kappa shape index (κ2) is 6.77. The van der Waals surface area contributed by atoms with Crippen LogP contribution >= 0.6 is 11.6 Å². The molecule has 2 N–H and O–H groups in total. The van der Waals surface area contributed by atoms with Crippen molar-refractivity contribution in [3.05, 3.63) is 23.2 Å². The molecule has 1 atom stereocenters. The van der Waals surface area contributed by atoms with E-state index in [0.717, 1.165) is 5.69 Å². The number of amides is 1. The number of methoxy groups -OCH3 is 1. The fourth-order valence-electron chi connectivity index (χ4n) is 1.36. The van der Waals surface area contributed by atoms with Gasteiger partial charge in [-0.25, -0.2) is 0 Å². The highest BCUT2D eigenvalue weighted by molar-refractivity contribution is 6.32. The summed E-state index contributed by atoms with van der Waals surface area (Å²) in [5.74, 6) is 2.77.